The Bertz CT molecular complexity index is 344. The fraction of sp³-hybridized carbons (Fsp3) is 0.333. The predicted octanol–water partition coefficient (Wildman–Crippen LogP) is 3.20. The average Bonchev–Trinajstić information content (AvgIpc) is 1.99. The van der Waals surface area contributed by atoms with Crippen LogP contribution in [0.3, 0.4) is 0 Å². The number of rotatable bonds is 3. The van der Waals surface area contributed by atoms with E-state index >= 15 is 0 Å². The summed E-state index contributed by atoms with van der Waals surface area (Å²) in [6.45, 7) is -0.845. The molecule has 6 heteroatoms. The van der Waals surface area contributed by atoms with E-state index < -0.39 is 36.1 Å². The molecule has 0 spiro atoms. The van der Waals surface area contributed by atoms with Crippen molar-refractivity contribution in [3.63, 3.8) is 0 Å². The van der Waals surface area contributed by atoms with Gasteiger partial charge in [-0.05, 0) is 12.1 Å². The largest absolute Gasteiger partial charge is 0.396 e. The van der Waals surface area contributed by atoms with Crippen LogP contribution in [0, 0.1) is 11.6 Å². The lowest BCUT2D eigenvalue weighted by atomic mass is 10.0. The summed E-state index contributed by atoms with van der Waals surface area (Å²) < 4.78 is 52.5. The first kappa shape index (κ1) is 12.4. The Balaban J connectivity index is 3.24. The number of hydrogen-bond donors (Lipinski definition) is 1. The minimum Gasteiger partial charge on any atom is -0.396 e. The van der Waals surface area contributed by atoms with Crippen LogP contribution in [0.25, 0.3) is 0 Å². The molecule has 15 heavy (non-hydrogen) atoms. The van der Waals surface area contributed by atoms with E-state index in [0.29, 0.717) is 0 Å². The minimum absolute atomic E-state index is 0.0426. The summed E-state index contributed by atoms with van der Waals surface area (Å²) in [5.41, 5.74) is -1.31. The molecule has 1 aromatic carbocycles. The third-order valence-electron chi connectivity index (χ3n) is 1.80. The third-order valence-corrected chi connectivity index (χ3v) is 2.26. The van der Waals surface area contributed by atoms with Crippen molar-refractivity contribution in [1.29, 1.82) is 0 Å². The van der Waals surface area contributed by atoms with Crippen molar-refractivity contribution in [3.8, 4) is 0 Å². The SMILES string of the molecule is OCCC(F)(F)c1c(F)cc(Br)cc1F. The van der Waals surface area contributed by atoms with Gasteiger partial charge in [-0.25, -0.2) is 17.6 Å². The fourth-order valence-electron chi connectivity index (χ4n) is 1.16. The third kappa shape index (κ3) is 2.69. The summed E-state index contributed by atoms with van der Waals surface area (Å²) >= 11 is 2.78. The van der Waals surface area contributed by atoms with Gasteiger partial charge in [0.2, 0.25) is 0 Å². The second kappa shape index (κ2) is 4.49. The molecule has 84 valence electrons. The lowest BCUT2D eigenvalue weighted by molar-refractivity contribution is -0.0331. The molecule has 0 aliphatic rings. The number of aliphatic hydroxyl groups is 1. The molecule has 0 heterocycles. The van der Waals surface area contributed by atoms with Crippen LogP contribution in [0.5, 0.6) is 0 Å². The number of benzene rings is 1. The maximum atomic E-state index is 13.2. The minimum atomic E-state index is -3.70. The smallest absolute Gasteiger partial charge is 0.281 e. The van der Waals surface area contributed by atoms with Crippen LogP contribution < -0.4 is 0 Å². The monoisotopic (exact) mass is 286 g/mol. The Hall–Kier alpha value is -0.620. The van der Waals surface area contributed by atoms with E-state index in [4.69, 9.17) is 5.11 Å². The predicted molar refractivity (Wildman–Crippen MR) is 49.7 cm³/mol. The number of hydrogen-bond acceptors (Lipinski definition) is 1. The molecular formula is C9H7BrF4O. The van der Waals surface area contributed by atoms with Crippen molar-refractivity contribution in [2.24, 2.45) is 0 Å². The van der Waals surface area contributed by atoms with Crippen LogP contribution in [0.15, 0.2) is 16.6 Å². The zero-order valence-corrected chi connectivity index (χ0v) is 8.99. The normalized spacial score (nSPS) is 11.9. The Morgan fingerprint density at radius 1 is 1.20 bits per heavy atom. The maximum Gasteiger partial charge on any atom is 0.281 e. The molecule has 0 radical (unpaired) electrons. The highest BCUT2D eigenvalue weighted by Crippen LogP contribution is 2.36. The average molecular weight is 287 g/mol. The van der Waals surface area contributed by atoms with Crippen molar-refractivity contribution in [2.45, 2.75) is 12.3 Å². The number of alkyl halides is 2. The van der Waals surface area contributed by atoms with Gasteiger partial charge in [-0.15, -0.1) is 0 Å². The lowest BCUT2D eigenvalue weighted by Gasteiger charge is -2.17. The fourth-order valence-corrected chi connectivity index (χ4v) is 1.56. The lowest BCUT2D eigenvalue weighted by Crippen LogP contribution is -2.19. The van der Waals surface area contributed by atoms with Crippen molar-refractivity contribution < 1.29 is 22.7 Å². The van der Waals surface area contributed by atoms with Gasteiger partial charge in [0.25, 0.3) is 5.92 Å². The van der Waals surface area contributed by atoms with Crippen molar-refractivity contribution in [1.82, 2.24) is 0 Å². The summed E-state index contributed by atoms with van der Waals surface area (Å²) in [7, 11) is 0. The first-order chi connectivity index (χ1) is 6.88. The van der Waals surface area contributed by atoms with Crippen molar-refractivity contribution in [2.75, 3.05) is 6.61 Å². The summed E-state index contributed by atoms with van der Waals surface area (Å²) in [6.07, 6.45) is -1.01. The highest BCUT2D eigenvalue weighted by molar-refractivity contribution is 9.10. The number of aliphatic hydroxyl groups excluding tert-OH is 1. The van der Waals surface area contributed by atoms with Crippen LogP contribution >= 0.6 is 15.9 Å². The molecule has 0 saturated heterocycles. The molecule has 1 aromatic rings. The van der Waals surface area contributed by atoms with Crippen LogP contribution in [0.4, 0.5) is 17.6 Å². The molecular weight excluding hydrogens is 280 g/mol. The second-order valence-corrected chi connectivity index (χ2v) is 3.84. The first-order valence-electron chi connectivity index (χ1n) is 4.02. The van der Waals surface area contributed by atoms with Gasteiger partial charge in [0, 0.05) is 17.5 Å². The number of halogens is 5. The van der Waals surface area contributed by atoms with Gasteiger partial charge >= 0.3 is 0 Å². The maximum absolute atomic E-state index is 13.2. The summed E-state index contributed by atoms with van der Waals surface area (Å²) in [4.78, 5) is 0. The Kier molecular flexibility index (Phi) is 3.72. The highest BCUT2D eigenvalue weighted by Gasteiger charge is 2.37. The molecule has 0 amide bonds. The molecule has 0 aliphatic heterocycles. The van der Waals surface area contributed by atoms with Gasteiger partial charge < -0.3 is 5.11 Å². The molecule has 0 unspecified atom stereocenters. The van der Waals surface area contributed by atoms with Crippen LogP contribution in [-0.2, 0) is 5.92 Å². The van der Waals surface area contributed by atoms with Gasteiger partial charge in [-0.3, -0.25) is 0 Å². The molecule has 0 bridgehead atoms. The molecule has 0 fully saturated rings. The molecule has 1 N–H and O–H groups in total. The van der Waals surface area contributed by atoms with E-state index in [-0.39, 0.29) is 4.47 Å². The van der Waals surface area contributed by atoms with Crippen molar-refractivity contribution >= 4 is 15.9 Å². The zero-order valence-electron chi connectivity index (χ0n) is 7.41. The van der Waals surface area contributed by atoms with E-state index in [2.05, 4.69) is 15.9 Å². The van der Waals surface area contributed by atoms with E-state index in [1.807, 2.05) is 0 Å². The van der Waals surface area contributed by atoms with E-state index in [0.717, 1.165) is 12.1 Å². The molecule has 0 atom stereocenters. The van der Waals surface area contributed by atoms with Crippen molar-refractivity contribution in [3.05, 3.63) is 33.8 Å². The second-order valence-electron chi connectivity index (χ2n) is 2.92. The zero-order chi connectivity index (χ0) is 11.6. The van der Waals surface area contributed by atoms with Crippen LogP contribution in [0.2, 0.25) is 0 Å². The summed E-state index contributed by atoms with van der Waals surface area (Å²) in [5, 5.41) is 8.37. The Morgan fingerprint density at radius 3 is 2.07 bits per heavy atom. The molecule has 0 saturated carbocycles. The van der Waals surface area contributed by atoms with Gasteiger partial charge in [0.1, 0.15) is 11.6 Å². The van der Waals surface area contributed by atoms with Gasteiger partial charge in [0.15, 0.2) is 0 Å². The van der Waals surface area contributed by atoms with Gasteiger partial charge in [-0.2, -0.15) is 0 Å². The van der Waals surface area contributed by atoms with Gasteiger partial charge in [-0.1, -0.05) is 15.9 Å². The molecule has 1 rings (SSSR count). The van der Waals surface area contributed by atoms with Crippen LogP contribution in [-0.4, -0.2) is 11.7 Å². The first-order valence-corrected chi connectivity index (χ1v) is 4.81. The quantitative estimate of drug-likeness (QED) is 0.846. The topological polar surface area (TPSA) is 20.2 Å². The van der Waals surface area contributed by atoms with E-state index in [1.54, 1.807) is 0 Å². The molecule has 0 aliphatic carbocycles. The Morgan fingerprint density at radius 2 is 1.67 bits per heavy atom. The molecule has 0 aromatic heterocycles. The van der Waals surface area contributed by atoms with E-state index in [9.17, 15) is 17.6 Å². The van der Waals surface area contributed by atoms with Crippen LogP contribution in [0.1, 0.15) is 12.0 Å². The summed E-state index contributed by atoms with van der Waals surface area (Å²) in [5.74, 6) is -6.37. The standard InChI is InChI=1S/C9H7BrF4O/c10-5-3-6(11)8(7(12)4-5)9(13,14)1-2-15/h3-4,15H,1-2H2. The van der Waals surface area contributed by atoms with E-state index in [1.165, 1.54) is 0 Å². The molecule has 1 nitrogen and oxygen atoms in total. The highest BCUT2D eigenvalue weighted by atomic mass is 79.9. The Labute approximate surface area is 91.9 Å². The van der Waals surface area contributed by atoms with Gasteiger partial charge in [0.05, 0.1) is 5.56 Å². The summed E-state index contributed by atoms with van der Waals surface area (Å²) in [6, 6.07) is 1.51.